The Labute approximate surface area is 95.9 Å². The number of nitro benzene ring substituents is 1. The average molecular weight is 248 g/mol. The molecule has 1 atom stereocenters. The van der Waals surface area contributed by atoms with Gasteiger partial charge in [0.1, 0.15) is 5.38 Å². The molecule has 6 heteroatoms. The first-order chi connectivity index (χ1) is 7.00. The third-order valence-electron chi connectivity index (χ3n) is 1.78. The van der Waals surface area contributed by atoms with E-state index in [0.29, 0.717) is 5.56 Å². The molecule has 0 saturated carbocycles. The molecule has 1 aromatic carbocycles. The summed E-state index contributed by atoms with van der Waals surface area (Å²) < 4.78 is 0. The van der Waals surface area contributed by atoms with Crippen molar-refractivity contribution in [2.75, 3.05) is 0 Å². The minimum atomic E-state index is -0.853. The van der Waals surface area contributed by atoms with Crippen molar-refractivity contribution >= 4 is 34.1 Å². The van der Waals surface area contributed by atoms with Crippen LogP contribution in [0.4, 0.5) is 5.69 Å². The largest absolute Gasteiger partial charge is 0.280 e. The van der Waals surface area contributed by atoms with Crippen LogP contribution < -0.4 is 0 Å². The molecule has 0 N–H and O–H groups in total. The first-order valence-electron chi connectivity index (χ1n) is 4.07. The number of non-ortho nitro benzene ring substituents is 1. The Morgan fingerprint density at radius 2 is 2.20 bits per heavy atom. The molecule has 0 aliphatic carbocycles. The van der Waals surface area contributed by atoms with E-state index in [1.54, 1.807) is 6.07 Å². The molecule has 0 aliphatic heterocycles. The Bertz CT molecular complexity index is 395. The lowest BCUT2D eigenvalue weighted by Crippen LogP contribution is -2.11. The quantitative estimate of drug-likeness (QED) is 0.356. The maximum absolute atomic E-state index is 10.7. The van der Waals surface area contributed by atoms with Gasteiger partial charge in [-0.1, -0.05) is 12.1 Å². The van der Waals surface area contributed by atoms with E-state index in [1.807, 2.05) is 0 Å². The zero-order chi connectivity index (χ0) is 11.4. The lowest BCUT2D eigenvalue weighted by molar-refractivity contribution is -0.384. The van der Waals surface area contributed by atoms with Crippen LogP contribution in [0.1, 0.15) is 5.56 Å². The Kier molecular flexibility index (Phi) is 4.05. The van der Waals surface area contributed by atoms with E-state index in [2.05, 4.69) is 0 Å². The molecule has 0 aromatic heterocycles. The summed E-state index contributed by atoms with van der Waals surface area (Å²) in [6.07, 6.45) is 0.186. The lowest BCUT2D eigenvalue weighted by atomic mass is 10.1. The Morgan fingerprint density at radius 1 is 1.53 bits per heavy atom. The van der Waals surface area contributed by atoms with Crippen LogP contribution in [0.5, 0.6) is 0 Å². The van der Waals surface area contributed by atoms with Crippen molar-refractivity contribution < 1.29 is 9.72 Å². The number of hydrogen-bond donors (Lipinski definition) is 0. The molecule has 0 saturated heterocycles. The van der Waals surface area contributed by atoms with Gasteiger partial charge in [0.15, 0.2) is 0 Å². The van der Waals surface area contributed by atoms with Gasteiger partial charge in [0.2, 0.25) is 5.24 Å². The highest BCUT2D eigenvalue weighted by Crippen LogP contribution is 2.16. The van der Waals surface area contributed by atoms with E-state index >= 15 is 0 Å². The highest BCUT2D eigenvalue weighted by Gasteiger charge is 2.14. The molecule has 80 valence electrons. The van der Waals surface area contributed by atoms with E-state index in [1.165, 1.54) is 18.2 Å². The van der Waals surface area contributed by atoms with Gasteiger partial charge in [-0.25, -0.2) is 0 Å². The predicted molar refractivity (Wildman–Crippen MR) is 57.3 cm³/mol. The summed E-state index contributed by atoms with van der Waals surface area (Å²) in [7, 11) is 0. The Hall–Kier alpha value is -1.13. The average Bonchev–Trinajstić information content (AvgIpc) is 2.18. The molecule has 0 aliphatic rings. The number of benzene rings is 1. The number of carbonyl (C=O) groups is 1. The monoisotopic (exact) mass is 247 g/mol. The number of nitrogens with zero attached hydrogens (tertiary/aromatic N) is 1. The van der Waals surface area contributed by atoms with E-state index in [-0.39, 0.29) is 12.1 Å². The fourth-order valence-corrected chi connectivity index (χ4v) is 1.34. The minimum absolute atomic E-state index is 0.0293. The van der Waals surface area contributed by atoms with Gasteiger partial charge in [-0.05, 0) is 23.6 Å². The maximum atomic E-state index is 10.7. The lowest BCUT2D eigenvalue weighted by Gasteiger charge is -2.03. The number of carbonyl (C=O) groups excluding carboxylic acids is 1. The molecule has 0 fully saturated rings. The zero-order valence-corrected chi connectivity index (χ0v) is 9.03. The SMILES string of the molecule is O=C(Cl)C(Cl)Cc1cccc([N+](=O)[O-])c1. The molecule has 15 heavy (non-hydrogen) atoms. The summed E-state index contributed by atoms with van der Waals surface area (Å²) in [5, 5.41) is 8.94. The van der Waals surface area contributed by atoms with Crippen molar-refractivity contribution in [1.29, 1.82) is 0 Å². The minimum Gasteiger partial charge on any atom is -0.280 e. The van der Waals surface area contributed by atoms with Crippen molar-refractivity contribution in [2.24, 2.45) is 0 Å². The normalized spacial score (nSPS) is 12.1. The maximum Gasteiger partial charge on any atom is 0.269 e. The van der Waals surface area contributed by atoms with Crippen LogP contribution in [-0.4, -0.2) is 15.5 Å². The molecule has 0 amide bonds. The number of alkyl halides is 1. The summed E-state index contributed by atoms with van der Waals surface area (Å²) in [6, 6.07) is 5.93. The van der Waals surface area contributed by atoms with Crippen molar-refractivity contribution in [1.82, 2.24) is 0 Å². The molecule has 0 spiro atoms. The van der Waals surface area contributed by atoms with Crippen molar-refractivity contribution in [3.05, 3.63) is 39.9 Å². The highest BCUT2D eigenvalue weighted by atomic mass is 35.5. The van der Waals surface area contributed by atoms with E-state index in [0.717, 1.165) is 0 Å². The topological polar surface area (TPSA) is 60.2 Å². The van der Waals surface area contributed by atoms with Crippen LogP contribution in [0.25, 0.3) is 0 Å². The fourth-order valence-electron chi connectivity index (χ4n) is 1.08. The second-order valence-corrected chi connectivity index (χ2v) is 3.80. The molecule has 1 rings (SSSR count). The molecule has 1 unspecified atom stereocenters. The third kappa shape index (κ3) is 3.49. The van der Waals surface area contributed by atoms with Gasteiger partial charge >= 0.3 is 0 Å². The summed E-state index contributed by atoms with van der Waals surface area (Å²) in [5.41, 5.74) is 0.580. The van der Waals surface area contributed by atoms with Gasteiger partial charge < -0.3 is 0 Å². The van der Waals surface area contributed by atoms with Gasteiger partial charge in [-0.15, -0.1) is 11.6 Å². The molecule has 1 aromatic rings. The van der Waals surface area contributed by atoms with E-state index in [4.69, 9.17) is 23.2 Å². The van der Waals surface area contributed by atoms with Gasteiger partial charge in [0.05, 0.1) is 4.92 Å². The van der Waals surface area contributed by atoms with Crippen LogP contribution in [0.2, 0.25) is 0 Å². The Morgan fingerprint density at radius 3 is 2.73 bits per heavy atom. The smallest absolute Gasteiger partial charge is 0.269 e. The van der Waals surface area contributed by atoms with Gasteiger partial charge in [-0.3, -0.25) is 14.9 Å². The fraction of sp³-hybridized carbons (Fsp3) is 0.222. The van der Waals surface area contributed by atoms with Crippen molar-refractivity contribution in [3.8, 4) is 0 Å². The summed E-state index contributed by atoms with van der Waals surface area (Å²) in [5.74, 6) is 0. The third-order valence-corrected chi connectivity index (χ3v) is 2.51. The van der Waals surface area contributed by atoms with Crippen LogP contribution >= 0.6 is 23.2 Å². The first-order valence-corrected chi connectivity index (χ1v) is 4.89. The number of rotatable bonds is 4. The number of nitro groups is 1. The molecule has 0 radical (unpaired) electrons. The molecular formula is C9H7Cl2NO3. The summed E-state index contributed by atoms with van der Waals surface area (Å²) in [4.78, 5) is 20.6. The predicted octanol–water partition coefficient (Wildman–Crippen LogP) is 2.51. The molecule has 0 heterocycles. The Balaban J connectivity index is 2.82. The second-order valence-electron chi connectivity index (χ2n) is 2.90. The summed E-state index contributed by atoms with van der Waals surface area (Å²) in [6.45, 7) is 0. The zero-order valence-electron chi connectivity index (χ0n) is 7.52. The second kappa shape index (κ2) is 5.09. The molecular weight excluding hydrogens is 241 g/mol. The molecule has 0 bridgehead atoms. The van der Waals surface area contributed by atoms with Crippen LogP contribution in [0.3, 0.4) is 0 Å². The van der Waals surface area contributed by atoms with Gasteiger partial charge in [0.25, 0.3) is 5.69 Å². The van der Waals surface area contributed by atoms with Crippen LogP contribution in [0, 0.1) is 10.1 Å². The summed E-state index contributed by atoms with van der Waals surface area (Å²) >= 11 is 10.8. The standard InChI is InChI=1S/C9H7Cl2NO3/c10-8(9(11)13)5-6-2-1-3-7(4-6)12(14)15/h1-4,8H,5H2. The van der Waals surface area contributed by atoms with E-state index in [9.17, 15) is 14.9 Å². The van der Waals surface area contributed by atoms with Crippen LogP contribution in [-0.2, 0) is 11.2 Å². The van der Waals surface area contributed by atoms with Crippen molar-refractivity contribution in [2.45, 2.75) is 11.8 Å². The van der Waals surface area contributed by atoms with Gasteiger partial charge in [-0.2, -0.15) is 0 Å². The molecule has 4 nitrogen and oxygen atoms in total. The van der Waals surface area contributed by atoms with Gasteiger partial charge in [0, 0.05) is 12.1 Å². The van der Waals surface area contributed by atoms with Crippen LogP contribution in [0.15, 0.2) is 24.3 Å². The number of halogens is 2. The number of hydrogen-bond acceptors (Lipinski definition) is 3. The first kappa shape index (κ1) is 11.9. The van der Waals surface area contributed by atoms with E-state index < -0.39 is 15.5 Å². The highest BCUT2D eigenvalue weighted by molar-refractivity contribution is 6.69. The van der Waals surface area contributed by atoms with Crippen molar-refractivity contribution in [3.63, 3.8) is 0 Å².